The quantitative estimate of drug-likeness (QED) is 0.747. The van der Waals surface area contributed by atoms with E-state index in [9.17, 15) is 19.1 Å². The van der Waals surface area contributed by atoms with E-state index in [0.717, 1.165) is 6.42 Å². The van der Waals surface area contributed by atoms with E-state index in [0.29, 0.717) is 24.2 Å². The molecule has 0 spiro atoms. The van der Waals surface area contributed by atoms with Gasteiger partial charge in [-0.2, -0.15) is 0 Å². The van der Waals surface area contributed by atoms with Crippen molar-refractivity contribution in [3.05, 3.63) is 42.4 Å². The van der Waals surface area contributed by atoms with Gasteiger partial charge in [-0.1, -0.05) is 0 Å². The van der Waals surface area contributed by atoms with Crippen molar-refractivity contribution >= 4 is 17.5 Å². The highest BCUT2D eigenvalue weighted by Gasteiger charge is 2.35. The van der Waals surface area contributed by atoms with Gasteiger partial charge >= 0.3 is 11.8 Å². The number of nitrogens with one attached hydrogen (secondary N) is 2. The van der Waals surface area contributed by atoms with Crippen LogP contribution in [-0.4, -0.2) is 29.1 Å². The Morgan fingerprint density at radius 1 is 1.25 bits per heavy atom. The van der Waals surface area contributed by atoms with E-state index in [2.05, 4.69) is 10.6 Å². The van der Waals surface area contributed by atoms with Crippen molar-refractivity contribution in [3.8, 4) is 11.3 Å². The second-order valence-corrected chi connectivity index (χ2v) is 5.89. The van der Waals surface area contributed by atoms with Gasteiger partial charge in [-0.3, -0.25) is 9.59 Å². The van der Waals surface area contributed by atoms with Gasteiger partial charge in [0.05, 0.1) is 17.6 Å². The molecule has 126 valence electrons. The fourth-order valence-corrected chi connectivity index (χ4v) is 2.48. The molecule has 2 aromatic rings. The van der Waals surface area contributed by atoms with Crippen molar-refractivity contribution in [1.82, 2.24) is 5.32 Å². The van der Waals surface area contributed by atoms with E-state index >= 15 is 0 Å². The molecule has 2 amide bonds. The van der Waals surface area contributed by atoms with E-state index < -0.39 is 23.2 Å². The lowest BCUT2D eigenvalue weighted by atomic mass is 9.80. The predicted octanol–water partition coefficient (Wildman–Crippen LogP) is 2.06. The fraction of sp³-hybridized carbons (Fsp3) is 0.294. The van der Waals surface area contributed by atoms with Crippen LogP contribution in [0.25, 0.3) is 11.3 Å². The summed E-state index contributed by atoms with van der Waals surface area (Å²) in [6.07, 6.45) is 3.56. The molecular formula is C17H17FN2O4. The number of amides is 2. The second-order valence-electron chi connectivity index (χ2n) is 5.89. The van der Waals surface area contributed by atoms with Crippen LogP contribution in [0.1, 0.15) is 19.3 Å². The number of hydrogen-bond acceptors (Lipinski definition) is 4. The first kappa shape index (κ1) is 16.2. The first-order valence-corrected chi connectivity index (χ1v) is 7.62. The van der Waals surface area contributed by atoms with Crippen LogP contribution in [-0.2, 0) is 9.59 Å². The van der Waals surface area contributed by atoms with E-state index in [4.69, 9.17) is 4.42 Å². The SMILES string of the molecule is O=C(NCC1(O)CCC1)C(=O)Nc1cc(-c2ccco2)ccc1F. The Hall–Kier alpha value is -2.67. The molecule has 0 bridgehead atoms. The molecule has 3 N–H and O–H groups in total. The highest BCUT2D eigenvalue weighted by molar-refractivity contribution is 6.39. The summed E-state index contributed by atoms with van der Waals surface area (Å²) in [5, 5.41) is 14.5. The van der Waals surface area contributed by atoms with Crippen molar-refractivity contribution in [2.75, 3.05) is 11.9 Å². The van der Waals surface area contributed by atoms with Crippen molar-refractivity contribution in [2.45, 2.75) is 24.9 Å². The van der Waals surface area contributed by atoms with Gasteiger partial charge in [0.25, 0.3) is 0 Å². The van der Waals surface area contributed by atoms with Crippen LogP contribution < -0.4 is 10.6 Å². The minimum absolute atomic E-state index is 0.00811. The molecule has 6 nitrogen and oxygen atoms in total. The lowest BCUT2D eigenvalue weighted by Gasteiger charge is -2.36. The zero-order valence-corrected chi connectivity index (χ0v) is 12.8. The van der Waals surface area contributed by atoms with Gasteiger partial charge in [-0.25, -0.2) is 4.39 Å². The summed E-state index contributed by atoms with van der Waals surface area (Å²) in [6.45, 7) is 0.00811. The predicted molar refractivity (Wildman–Crippen MR) is 84.5 cm³/mol. The van der Waals surface area contributed by atoms with Gasteiger partial charge in [0.15, 0.2) is 0 Å². The van der Waals surface area contributed by atoms with Crippen molar-refractivity contribution in [1.29, 1.82) is 0 Å². The number of furan rings is 1. The normalized spacial score (nSPS) is 15.4. The number of carbonyl (C=O) groups is 2. The summed E-state index contributed by atoms with van der Waals surface area (Å²) in [4.78, 5) is 23.7. The summed E-state index contributed by atoms with van der Waals surface area (Å²) in [5.74, 6) is -2.06. The minimum Gasteiger partial charge on any atom is -0.464 e. The summed E-state index contributed by atoms with van der Waals surface area (Å²) in [5.41, 5.74) is -0.479. The molecule has 0 unspecified atom stereocenters. The number of benzene rings is 1. The van der Waals surface area contributed by atoms with E-state index in [1.54, 1.807) is 12.1 Å². The van der Waals surface area contributed by atoms with E-state index in [1.807, 2.05) is 0 Å². The molecule has 1 aliphatic rings. The highest BCUT2D eigenvalue weighted by atomic mass is 19.1. The molecule has 1 fully saturated rings. The number of carbonyl (C=O) groups excluding carboxylic acids is 2. The third-order valence-electron chi connectivity index (χ3n) is 4.09. The van der Waals surface area contributed by atoms with Crippen molar-refractivity contribution < 1.29 is 23.5 Å². The second kappa shape index (κ2) is 6.45. The van der Waals surface area contributed by atoms with Gasteiger partial charge in [0.2, 0.25) is 0 Å². The molecule has 0 atom stereocenters. The number of anilines is 1. The van der Waals surface area contributed by atoms with Crippen LogP contribution in [0.5, 0.6) is 0 Å². The largest absolute Gasteiger partial charge is 0.464 e. The van der Waals surface area contributed by atoms with Crippen LogP contribution in [0.15, 0.2) is 41.0 Å². The van der Waals surface area contributed by atoms with Gasteiger partial charge in [0, 0.05) is 12.1 Å². The molecule has 1 aliphatic carbocycles. The first-order valence-electron chi connectivity index (χ1n) is 7.62. The molecule has 3 rings (SSSR count). The summed E-state index contributed by atoms with van der Waals surface area (Å²) in [6, 6.07) is 7.47. The molecule has 1 saturated carbocycles. The summed E-state index contributed by atoms with van der Waals surface area (Å²) < 4.78 is 19.1. The molecule has 0 aliphatic heterocycles. The highest BCUT2D eigenvalue weighted by Crippen LogP contribution is 2.30. The Labute approximate surface area is 137 Å². The maximum Gasteiger partial charge on any atom is 0.313 e. The Morgan fingerprint density at radius 3 is 2.67 bits per heavy atom. The third-order valence-corrected chi connectivity index (χ3v) is 4.09. The molecule has 1 heterocycles. The molecule has 1 aromatic heterocycles. The maximum absolute atomic E-state index is 13.9. The van der Waals surface area contributed by atoms with E-state index in [1.165, 1.54) is 24.5 Å². The average Bonchev–Trinajstić information content (AvgIpc) is 3.07. The lowest BCUT2D eigenvalue weighted by molar-refractivity contribution is -0.137. The molecular weight excluding hydrogens is 315 g/mol. The monoisotopic (exact) mass is 332 g/mol. The maximum atomic E-state index is 13.9. The number of aliphatic hydroxyl groups is 1. The topological polar surface area (TPSA) is 91.6 Å². The minimum atomic E-state index is -0.992. The summed E-state index contributed by atoms with van der Waals surface area (Å²) >= 11 is 0. The number of rotatable bonds is 4. The standard InChI is InChI=1S/C17H17FN2O4/c18-12-5-4-11(14-3-1-8-24-14)9-13(12)20-16(22)15(21)19-10-17(23)6-2-7-17/h1,3-5,8-9,23H,2,6-7,10H2,(H,19,21)(H,20,22). The smallest absolute Gasteiger partial charge is 0.313 e. The van der Waals surface area contributed by atoms with E-state index in [-0.39, 0.29) is 12.2 Å². The lowest BCUT2D eigenvalue weighted by Crippen LogP contribution is -2.49. The van der Waals surface area contributed by atoms with Gasteiger partial charge in [-0.05, 0) is 49.6 Å². The van der Waals surface area contributed by atoms with Crippen LogP contribution in [0.2, 0.25) is 0 Å². The Kier molecular flexibility index (Phi) is 4.35. The first-order chi connectivity index (χ1) is 11.5. The van der Waals surface area contributed by atoms with Crippen LogP contribution in [0.4, 0.5) is 10.1 Å². The van der Waals surface area contributed by atoms with Gasteiger partial charge in [-0.15, -0.1) is 0 Å². The van der Waals surface area contributed by atoms with Crippen LogP contribution in [0.3, 0.4) is 0 Å². The Morgan fingerprint density at radius 2 is 2.04 bits per heavy atom. The molecule has 24 heavy (non-hydrogen) atoms. The summed E-state index contributed by atoms with van der Waals surface area (Å²) in [7, 11) is 0. The Balaban J connectivity index is 1.65. The molecule has 0 radical (unpaired) electrons. The molecule has 0 saturated heterocycles. The van der Waals surface area contributed by atoms with Gasteiger partial charge < -0.3 is 20.2 Å². The van der Waals surface area contributed by atoms with Gasteiger partial charge in [0.1, 0.15) is 11.6 Å². The number of hydrogen-bond donors (Lipinski definition) is 3. The van der Waals surface area contributed by atoms with Crippen molar-refractivity contribution in [3.63, 3.8) is 0 Å². The Bertz CT molecular complexity index is 754. The number of halogens is 1. The molecule has 7 heteroatoms. The van der Waals surface area contributed by atoms with Crippen LogP contribution in [0, 0.1) is 5.82 Å². The van der Waals surface area contributed by atoms with Crippen molar-refractivity contribution in [2.24, 2.45) is 0 Å². The average molecular weight is 332 g/mol. The third kappa shape index (κ3) is 3.46. The fourth-order valence-electron chi connectivity index (χ4n) is 2.48. The van der Waals surface area contributed by atoms with Crippen LogP contribution >= 0.6 is 0 Å². The zero-order valence-electron chi connectivity index (χ0n) is 12.8. The molecule has 1 aromatic carbocycles. The zero-order chi connectivity index (χ0) is 17.2.